The summed E-state index contributed by atoms with van der Waals surface area (Å²) < 4.78 is 24.0. The van der Waals surface area contributed by atoms with Crippen molar-refractivity contribution >= 4 is 7.60 Å². The van der Waals surface area contributed by atoms with E-state index >= 15 is 0 Å². The summed E-state index contributed by atoms with van der Waals surface area (Å²) in [7, 11) is -0.802. The molecule has 0 bridgehead atoms. The van der Waals surface area contributed by atoms with E-state index in [1.54, 1.807) is 14.1 Å². The van der Waals surface area contributed by atoms with Crippen LogP contribution in [0.4, 0.5) is 0 Å². The maximum atomic E-state index is 13.1. The van der Waals surface area contributed by atoms with Gasteiger partial charge in [-0.05, 0) is 64.2 Å². The molecule has 0 heterocycles. The third kappa shape index (κ3) is 23.6. The fraction of sp³-hybridized carbons (Fsp3) is 0.875. The number of nitrogens with zero attached hydrogens (tertiary/aromatic N) is 1. The molecule has 0 fully saturated rings. The molecular formula is C32H64NO7P. The van der Waals surface area contributed by atoms with Crippen LogP contribution in [0.1, 0.15) is 123 Å². The van der Waals surface area contributed by atoms with Gasteiger partial charge in [0.2, 0.25) is 0 Å². The van der Waals surface area contributed by atoms with Crippen LogP contribution >= 0.6 is 7.60 Å². The van der Waals surface area contributed by atoms with Gasteiger partial charge in [0.25, 0.3) is 0 Å². The maximum Gasteiger partial charge on any atom is 0.193 e. The van der Waals surface area contributed by atoms with Crippen LogP contribution in [0.15, 0.2) is 24.3 Å². The fourth-order valence-corrected chi connectivity index (χ4v) is 6.69. The molecule has 0 radical (unpaired) electrons. The Morgan fingerprint density at radius 1 is 0.732 bits per heavy atom. The van der Waals surface area contributed by atoms with Crippen LogP contribution in [-0.2, 0) is 13.8 Å². The number of aliphatic hydroxyl groups is 3. The Hall–Kier alpha value is -0.570. The zero-order chi connectivity index (χ0) is 30.8. The van der Waals surface area contributed by atoms with Crippen LogP contribution in [0.3, 0.4) is 0 Å². The van der Waals surface area contributed by atoms with Gasteiger partial charge in [-0.25, -0.2) is 0 Å². The van der Waals surface area contributed by atoms with Gasteiger partial charge < -0.3 is 38.5 Å². The summed E-state index contributed by atoms with van der Waals surface area (Å²) in [6.07, 6.45) is 23.9. The molecule has 0 aliphatic carbocycles. The average molecular weight is 606 g/mol. The molecule has 3 N–H and O–H groups in total. The van der Waals surface area contributed by atoms with Gasteiger partial charge >= 0.3 is 0 Å². The first-order valence-electron chi connectivity index (χ1n) is 16.3. The number of ether oxygens (including phenoxy) is 1. The monoisotopic (exact) mass is 605 g/mol. The number of aliphatic hydroxyl groups excluding tert-OH is 2. The van der Waals surface area contributed by atoms with E-state index < -0.39 is 25.8 Å². The van der Waals surface area contributed by atoms with Crippen LogP contribution < -0.4 is 4.89 Å². The van der Waals surface area contributed by atoms with Crippen molar-refractivity contribution in [3.8, 4) is 0 Å². The summed E-state index contributed by atoms with van der Waals surface area (Å²) in [5.41, 5.74) is 0. The number of allylic oxidation sites excluding steroid dienone is 4. The van der Waals surface area contributed by atoms with Crippen LogP contribution in [-0.4, -0.2) is 78.4 Å². The van der Waals surface area contributed by atoms with Gasteiger partial charge in [-0.2, -0.15) is 0 Å². The summed E-state index contributed by atoms with van der Waals surface area (Å²) >= 11 is 0. The zero-order valence-electron chi connectivity index (χ0n) is 26.8. The molecule has 3 atom stereocenters. The molecule has 0 aromatic carbocycles. The Morgan fingerprint density at radius 2 is 1.24 bits per heavy atom. The summed E-state index contributed by atoms with van der Waals surface area (Å²) in [5.74, 6) is -0.823. The van der Waals surface area contributed by atoms with Crippen molar-refractivity contribution in [1.82, 2.24) is 0 Å². The molecule has 244 valence electrons. The standard InChI is InChI=1S/C32H64NO7P/c1-5-7-9-10-11-12-13-14-15-16-17-18-19-20-21-23-27-39-28-30(34)29-40-41(37,38)31(24-22-8-6-2)33(3,4)26-25-32(35)36/h12-13,18-19,30-32,34-36H,5-11,14-17,20-29H2,1-4H3/b13-12-,19-18-/t30-,31?/m1/s1. The van der Waals surface area contributed by atoms with Gasteiger partial charge in [0.1, 0.15) is 6.10 Å². The second-order valence-corrected chi connectivity index (χ2v) is 13.8. The molecule has 0 aromatic rings. The predicted molar refractivity (Wildman–Crippen MR) is 167 cm³/mol. The largest absolute Gasteiger partial charge is 0.774 e. The van der Waals surface area contributed by atoms with Crippen LogP contribution in [0, 0.1) is 0 Å². The van der Waals surface area contributed by atoms with Crippen LogP contribution in [0.25, 0.3) is 0 Å². The summed E-state index contributed by atoms with van der Waals surface area (Å²) in [5, 5.41) is 28.7. The number of hydrogen-bond donors (Lipinski definition) is 3. The molecule has 9 heteroatoms. The molecule has 0 amide bonds. The quantitative estimate of drug-likeness (QED) is 0.0295. The van der Waals surface area contributed by atoms with Crippen molar-refractivity contribution in [2.24, 2.45) is 0 Å². The van der Waals surface area contributed by atoms with Crippen molar-refractivity contribution in [1.29, 1.82) is 0 Å². The molecule has 0 aromatic heterocycles. The molecule has 0 saturated heterocycles. The topological polar surface area (TPSA) is 119 Å². The van der Waals surface area contributed by atoms with E-state index in [-0.39, 0.29) is 30.7 Å². The number of quaternary nitrogens is 1. The van der Waals surface area contributed by atoms with Gasteiger partial charge in [-0.15, -0.1) is 0 Å². The van der Waals surface area contributed by atoms with Gasteiger partial charge in [0, 0.05) is 19.4 Å². The number of hydrogen-bond acceptors (Lipinski definition) is 7. The van der Waals surface area contributed by atoms with E-state index in [0.29, 0.717) is 13.0 Å². The lowest BCUT2D eigenvalue weighted by Crippen LogP contribution is -2.51. The van der Waals surface area contributed by atoms with Crippen molar-refractivity contribution in [2.45, 2.75) is 141 Å². The minimum atomic E-state index is -4.32. The molecular weight excluding hydrogens is 541 g/mol. The fourth-order valence-electron chi connectivity index (χ4n) is 4.76. The molecule has 0 spiro atoms. The summed E-state index contributed by atoms with van der Waals surface area (Å²) in [4.78, 5) is 13.1. The Kier molecular flexibility index (Phi) is 25.5. The summed E-state index contributed by atoms with van der Waals surface area (Å²) in [6.45, 7) is 4.77. The van der Waals surface area contributed by atoms with E-state index in [4.69, 9.17) is 9.26 Å². The van der Waals surface area contributed by atoms with E-state index in [1.807, 2.05) is 0 Å². The highest BCUT2D eigenvalue weighted by Gasteiger charge is 2.38. The van der Waals surface area contributed by atoms with Crippen molar-refractivity contribution in [3.05, 3.63) is 24.3 Å². The van der Waals surface area contributed by atoms with Crippen molar-refractivity contribution in [3.63, 3.8) is 0 Å². The third-order valence-electron chi connectivity index (χ3n) is 7.42. The SMILES string of the molecule is CCCCCC/C=C\CCCC/C=C\CCCCOC[C@@H](O)COP(=O)([O-])C(CCCCC)[N+](C)(C)CCC(O)O. The van der Waals surface area contributed by atoms with Crippen molar-refractivity contribution < 1.29 is 38.5 Å². The second kappa shape index (κ2) is 25.9. The molecule has 2 unspecified atom stereocenters. The molecule has 8 nitrogen and oxygen atoms in total. The minimum absolute atomic E-state index is 0.0263. The lowest BCUT2D eigenvalue weighted by Gasteiger charge is -2.44. The highest BCUT2D eigenvalue weighted by molar-refractivity contribution is 7.51. The highest BCUT2D eigenvalue weighted by atomic mass is 31.2. The molecule has 0 aliphatic heterocycles. The van der Waals surface area contributed by atoms with Crippen LogP contribution in [0.2, 0.25) is 0 Å². The predicted octanol–water partition coefficient (Wildman–Crippen LogP) is 6.43. The van der Waals surface area contributed by atoms with Crippen molar-refractivity contribution in [2.75, 3.05) is 40.5 Å². The van der Waals surface area contributed by atoms with Gasteiger partial charge in [0.15, 0.2) is 19.7 Å². The Bertz CT molecular complexity index is 700. The lowest BCUT2D eigenvalue weighted by molar-refractivity contribution is -0.905. The lowest BCUT2D eigenvalue weighted by atomic mass is 10.1. The normalized spacial score (nSPS) is 15.7. The molecule has 0 rings (SSSR count). The number of unbranched alkanes of at least 4 members (excludes halogenated alkanes) is 11. The van der Waals surface area contributed by atoms with E-state index in [1.165, 1.54) is 51.4 Å². The average Bonchev–Trinajstić information content (AvgIpc) is 2.92. The van der Waals surface area contributed by atoms with Gasteiger partial charge in [0.05, 0.1) is 33.9 Å². The Balaban J connectivity index is 4.08. The van der Waals surface area contributed by atoms with E-state index in [9.17, 15) is 24.8 Å². The first-order chi connectivity index (χ1) is 19.6. The van der Waals surface area contributed by atoms with E-state index in [0.717, 1.165) is 44.9 Å². The van der Waals surface area contributed by atoms with Crippen LogP contribution in [0.5, 0.6) is 0 Å². The minimum Gasteiger partial charge on any atom is -0.774 e. The summed E-state index contributed by atoms with van der Waals surface area (Å²) in [6, 6.07) is 0. The zero-order valence-corrected chi connectivity index (χ0v) is 27.7. The molecule has 41 heavy (non-hydrogen) atoms. The Morgan fingerprint density at radius 3 is 1.78 bits per heavy atom. The first-order valence-corrected chi connectivity index (χ1v) is 17.9. The Labute approximate surface area is 252 Å². The number of rotatable bonds is 29. The molecule has 0 saturated carbocycles. The van der Waals surface area contributed by atoms with Gasteiger partial charge in [-0.3, -0.25) is 0 Å². The smallest absolute Gasteiger partial charge is 0.193 e. The maximum absolute atomic E-state index is 13.1. The highest BCUT2D eigenvalue weighted by Crippen LogP contribution is 2.49. The van der Waals surface area contributed by atoms with E-state index in [2.05, 4.69) is 38.2 Å². The molecule has 0 aliphatic rings. The third-order valence-corrected chi connectivity index (χ3v) is 9.54. The first kappa shape index (κ1) is 40.4. The second-order valence-electron chi connectivity index (χ2n) is 11.9. The van der Waals surface area contributed by atoms with Gasteiger partial charge in [-0.1, -0.05) is 70.3 Å².